The zero-order valence-electron chi connectivity index (χ0n) is 13.0. The minimum absolute atomic E-state index is 0.164. The van der Waals surface area contributed by atoms with E-state index in [0.29, 0.717) is 12.6 Å². The monoisotopic (exact) mass is 284 g/mol. The molecule has 0 saturated heterocycles. The smallest absolute Gasteiger partial charge is 0.315 e. The molecule has 0 atom stereocenters. The lowest BCUT2D eigenvalue weighted by Crippen LogP contribution is -2.44. The van der Waals surface area contributed by atoms with Gasteiger partial charge in [0.2, 0.25) is 0 Å². The van der Waals surface area contributed by atoms with Gasteiger partial charge in [-0.05, 0) is 33.1 Å². The molecule has 0 aromatic carbocycles. The van der Waals surface area contributed by atoms with Gasteiger partial charge in [-0.2, -0.15) is 0 Å². The van der Waals surface area contributed by atoms with E-state index in [-0.39, 0.29) is 18.6 Å². The fourth-order valence-electron chi connectivity index (χ4n) is 2.13. The SMILES string of the molecule is CCC(C)(C)C(=O)OCCNC(=O)NC1CCCCC1. The average molecular weight is 284 g/mol. The van der Waals surface area contributed by atoms with Crippen LogP contribution in [0.3, 0.4) is 0 Å². The van der Waals surface area contributed by atoms with Crippen LogP contribution in [0.1, 0.15) is 59.3 Å². The minimum Gasteiger partial charge on any atom is -0.463 e. The molecule has 1 fully saturated rings. The van der Waals surface area contributed by atoms with Gasteiger partial charge < -0.3 is 15.4 Å². The number of amides is 2. The van der Waals surface area contributed by atoms with E-state index in [1.54, 1.807) is 0 Å². The summed E-state index contributed by atoms with van der Waals surface area (Å²) in [4.78, 5) is 23.4. The van der Waals surface area contributed by atoms with Gasteiger partial charge in [-0.15, -0.1) is 0 Å². The highest BCUT2D eigenvalue weighted by Crippen LogP contribution is 2.21. The van der Waals surface area contributed by atoms with E-state index in [4.69, 9.17) is 4.74 Å². The molecule has 5 heteroatoms. The van der Waals surface area contributed by atoms with Crippen LogP contribution in [0.4, 0.5) is 4.79 Å². The number of hydrogen-bond donors (Lipinski definition) is 2. The van der Waals surface area contributed by atoms with Gasteiger partial charge in [0.25, 0.3) is 0 Å². The van der Waals surface area contributed by atoms with Gasteiger partial charge in [0.1, 0.15) is 6.61 Å². The minimum atomic E-state index is -0.454. The Bertz CT molecular complexity index is 323. The summed E-state index contributed by atoms with van der Waals surface area (Å²) in [6.45, 7) is 6.25. The standard InChI is InChI=1S/C15H28N2O3/c1-4-15(2,3)13(18)20-11-10-16-14(19)17-12-8-6-5-7-9-12/h12H,4-11H2,1-3H3,(H2,16,17,19). The number of hydrogen-bond acceptors (Lipinski definition) is 3. The lowest BCUT2D eigenvalue weighted by Gasteiger charge is -2.23. The Morgan fingerprint density at radius 2 is 1.85 bits per heavy atom. The number of rotatable bonds is 6. The topological polar surface area (TPSA) is 67.4 Å². The Labute approximate surface area is 121 Å². The van der Waals surface area contributed by atoms with Gasteiger partial charge >= 0.3 is 12.0 Å². The first-order valence-corrected chi connectivity index (χ1v) is 7.67. The molecule has 1 aliphatic rings. The molecule has 2 amide bonds. The Balaban J connectivity index is 2.11. The quantitative estimate of drug-likeness (QED) is 0.582. The molecule has 0 aliphatic heterocycles. The summed E-state index contributed by atoms with van der Waals surface area (Å²) in [6.07, 6.45) is 6.51. The molecule has 0 spiro atoms. The molecular weight excluding hydrogens is 256 g/mol. The zero-order chi connectivity index (χ0) is 15.0. The molecule has 20 heavy (non-hydrogen) atoms. The van der Waals surface area contributed by atoms with Crippen molar-refractivity contribution in [2.45, 2.75) is 65.3 Å². The summed E-state index contributed by atoms with van der Waals surface area (Å²) in [5.74, 6) is -0.213. The summed E-state index contributed by atoms with van der Waals surface area (Å²) in [6, 6.07) is 0.132. The van der Waals surface area contributed by atoms with Crippen molar-refractivity contribution in [3.05, 3.63) is 0 Å². The van der Waals surface area contributed by atoms with Crippen LogP contribution >= 0.6 is 0 Å². The predicted octanol–water partition coefficient (Wildman–Crippen LogP) is 2.60. The Morgan fingerprint density at radius 1 is 1.20 bits per heavy atom. The van der Waals surface area contributed by atoms with E-state index in [1.165, 1.54) is 19.3 Å². The van der Waals surface area contributed by atoms with Gasteiger partial charge in [0.15, 0.2) is 0 Å². The normalized spacial score (nSPS) is 16.6. The van der Waals surface area contributed by atoms with E-state index < -0.39 is 5.41 Å². The highest BCUT2D eigenvalue weighted by atomic mass is 16.5. The third-order valence-electron chi connectivity index (χ3n) is 4.00. The first kappa shape index (κ1) is 16.8. The molecule has 0 bridgehead atoms. The van der Waals surface area contributed by atoms with Crippen LogP contribution in [0.15, 0.2) is 0 Å². The third kappa shape index (κ3) is 5.80. The second kappa shape index (κ2) is 8.12. The molecule has 0 heterocycles. The van der Waals surface area contributed by atoms with Crippen molar-refractivity contribution in [3.63, 3.8) is 0 Å². The van der Waals surface area contributed by atoms with Crippen molar-refractivity contribution in [2.75, 3.05) is 13.2 Å². The van der Waals surface area contributed by atoms with Crippen LogP contribution in [0, 0.1) is 5.41 Å². The van der Waals surface area contributed by atoms with E-state index in [2.05, 4.69) is 10.6 Å². The second-order valence-corrected chi connectivity index (χ2v) is 6.11. The van der Waals surface area contributed by atoms with Crippen molar-refractivity contribution in [3.8, 4) is 0 Å². The number of esters is 1. The summed E-state index contributed by atoms with van der Waals surface area (Å²) < 4.78 is 5.16. The highest BCUT2D eigenvalue weighted by Gasteiger charge is 2.26. The molecule has 0 radical (unpaired) electrons. The van der Waals surface area contributed by atoms with Crippen molar-refractivity contribution in [2.24, 2.45) is 5.41 Å². The van der Waals surface area contributed by atoms with Gasteiger partial charge in [0.05, 0.1) is 12.0 Å². The van der Waals surface area contributed by atoms with E-state index >= 15 is 0 Å². The Hall–Kier alpha value is -1.26. The number of carbonyl (C=O) groups excluding carboxylic acids is 2. The Morgan fingerprint density at radius 3 is 2.45 bits per heavy atom. The third-order valence-corrected chi connectivity index (χ3v) is 4.00. The van der Waals surface area contributed by atoms with Crippen LogP contribution in [0.25, 0.3) is 0 Å². The maximum atomic E-state index is 11.7. The van der Waals surface area contributed by atoms with Gasteiger partial charge in [-0.25, -0.2) is 4.79 Å². The van der Waals surface area contributed by atoms with Crippen LogP contribution in [0.5, 0.6) is 0 Å². The number of carbonyl (C=O) groups is 2. The van der Waals surface area contributed by atoms with Crippen molar-refractivity contribution in [1.82, 2.24) is 10.6 Å². The largest absolute Gasteiger partial charge is 0.463 e. The molecule has 0 unspecified atom stereocenters. The van der Waals surface area contributed by atoms with Crippen molar-refractivity contribution >= 4 is 12.0 Å². The molecule has 5 nitrogen and oxygen atoms in total. The van der Waals surface area contributed by atoms with Crippen molar-refractivity contribution < 1.29 is 14.3 Å². The maximum Gasteiger partial charge on any atom is 0.315 e. The number of nitrogens with one attached hydrogen (secondary N) is 2. The summed E-state index contributed by atoms with van der Waals surface area (Å²) in [5.41, 5.74) is -0.454. The molecule has 0 aromatic rings. The maximum absolute atomic E-state index is 11.7. The van der Waals surface area contributed by atoms with Gasteiger partial charge in [0, 0.05) is 6.04 Å². The van der Waals surface area contributed by atoms with E-state index in [9.17, 15) is 9.59 Å². The molecule has 1 aliphatic carbocycles. The molecular formula is C15H28N2O3. The second-order valence-electron chi connectivity index (χ2n) is 6.11. The first-order valence-electron chi connectivity index (χ1n) is 7.67. The lowest BCUT2D eigenvalue weighted by atomic mass is 9.91. The van der Waals surface area contributed by atoms with Crippen molar-refractivity contribution in [1.29, 1.82) is 0 Å². The summed E-state index contributed by atoms with van der Waals surface area (Å²) in [5, 5.41) is 5.69. The summed E-state index contributed by atoms with van der Waals surface area (Å²) in [7, 11) is 0. The molecule has 1 rings (SSSR count). The number of urea groups is 1. The lowest BCUT2D eigenvalue weighted by molar-refractivity contribution is -0.153. The zero-order valence-corrected chi connectivity index (χ0v) is 13.0. The number of ether oxygens (including phenoxy) is 1. The highest BCUT2D eigenvalue weighted by molar-refractivity contribution is 5.76. The van der Waals surface area contributed by atoms with Crippen LogP contribution in [-0.2, 0) is 9.53 Å². The molecule has 2 N–H and O–H groups in total. The van der Waals surface area contributed by atoms with E-state index in [0.717, 1.165) is 19.3 Å². The van der Waals surface area contributed by atoms with Gasteiger partial charge in [-0.1, -0.05) is 26.2 Å². The first-order chi connectivity index (χ1) is 9.45. The fourth-order valence-corrected chi connectivity index (χ4v) is 2.13. The molecule has 116 valence electrons. The van der Waals surface area contributed by atoms with Crippen LogP contribution in [0.2, 0.25) is 0 Å². The van der Waals surface area contributed by atoms with E-state index in [1.807, 2.05) is 20.8 Å². The fraction of sp³-hybridized carbons (Fsp3) is 0.867. The van der Waals surface area contributed by atoms with Crippen LogP contribution < -0.4 is 10.6 Å². The van der Waals surface area contributed by atoms with Gasteiger partial charge in [-0.3, -0.25) is 4.79 Å². The Kier molecular flexibility index (Phi) is 6.82. The molecule has 0 aromatic heterocycles. The average Bonchev–Trinajstić information content (AvgIpc) is 2.44. The summed E-state index contributed by atoms with van der Waals surface area (Å²) >= 11 is 0. The predicted molar refractivity (Wildman–Crippen MR) is 78.4 cm³/mol. The van der Waals surface area contributed by atoms with Crippen LogP contribution in [-0.4, -0.2) is 31.2 Å². The molecule has 1 saturated carbocycles.